The molecule has 9 nitrogen and oxygen atoms in total. The molecule has 7 aromatic heterocycles. The van der Waals surface area contributed by atoms with Crippen molar-refractivity contribution in [2.45, 2.75) is 14.9 Å². The van der Waals surface area contributed by atoms with Gasteiger partial charge in [0.1, 0.15) is 83.9 Å². The lowest BCUT2D eigenvalue weighted by Gasteiger charge is -2.03. The first-order chi connectivity index (χ1) is 50.2. The Balaban J connectivity index is 0.000000137. The van der Waals surface area contributed by atoms with Gasteiger partial charge in [0.05, 0.1) is 0 Å². The molecular weight excluding hydrogens is 1420 g/mol. The number of furan rings is 7. The van der Waals surface area contributed by atoms with E-state index in [0.717, 1.165) is 196 Å². The van der Waals surface area contributed by atoms with Gasteiger partial charge >= 0.3 is 7.69 Å². The standard InChI is InChI=1S/C54H30O4.C18H12BO3.C18H8Br2O2.2CH4/c1-3-7-31(8-4-1)33-11-17-47-39(23-33)41-25-35(13-19-49(41)55-47)37-15-21-51-43(27-37)45-29-54-46(30-53(45)57-51)44-28-38(16-22-52(44)58-54)36-14-20-50-42(26-36)40-24-34(12-18-48(40)56-50)32-9-5-2-6-10-32;20-19-22-14-7-9-18-16(11-14)15-10-13(6-8-17(15)21-18)12-4-2-1-3-5-12;19-9-1-3-15-11(5-9)13-7-18-14(8-17(13)21-15)12-6-10(20)2-4-16(12)22-18;;/h1-30H;1-11,20H;1-8H;2*1H4. The number of fused-ring (bicyclic) bond motifs is 21. The van der Waals surface area contributed by atoms with Gasteiger partial charge in [-0.05, 0) is 219 Å². The molecule has 0 aliphatic heterocycles. The van der Waals surface area contributed by atoms with Crippen molar-refractivity contribution in [2.24, 2.45) is 0 Å². The molecule has 22 aromatic rings. The van der Waals surface area contributed by atoms with Crippen molar-refractivity contribution in [3.63, 3.8) is 0 Å². The lowest BCUT2D eigenvalue weighted by atomic mass is 9.98. The molecule has 15 aromatic carbocycles. The van der Waals surface area contributed by atoms with Gasteiger partial charge in [0.25, 0.3) is 0 Å². The van der Waals surface area contributed by atoms with Crippen LogP contribution in [0.3, 0.4) is 0 Å². The van der Waals surface area contributed by atoms with Crippen LogP contribution in [-0.2, 0) is 0 Å². The van der Waals surface area contributed by atoms with Crippen LogP contribution in [0.4, 0.5) is 0 Å². The monoisotopic (exact) mass is 1480 g/mol. The van der Waals surface area contributed by atoms with E-state index in [1.54, 1.807) is 6.07 Å². The van der Waals surface area contributed by atoms with Gasteiger partial charge in [-0.1, -0.05) is 180 Å². The first-order valence-corrected chi connectivity index (χ1v) is 34.9. The molecule has 7 heterocycles. The highest BCUT2D eigenvalue weighted by Gasteiger charge is 2.20. The van der Waals surface area contributed by atoms with Crippen molar-refractivity contribution in [2.75, 3.05) is 0 Å². The Morgan fingerprint density at radius 1 is 0.202 bits per heavy atom. The summed E-state index contributed by atoms with van der Waals surface area (Å²) < 4.78 is 50.5. The van der Waals surface area contributed by atoms with Crippen molar-refractivity contribution >= 4 is 193 Å². The molecule has 0 amide bonds. The largest absolute Gasteiger partial charge is 0.569 e. The zero-order chi connectivity index (χ0) is 67.7. The van der Waals surface area contributed by atoms with E-state index in [-0.39, 0.29) is 14.9 Å². The van der Waals surface area contributed by atoms with Gasteiger partial charge in [0.15, 0.2) is 0 Å². The summed E-state index contributed by atoms with van der Waals surface area (Å²) in [5.74, 6) is 0.572. The first-order valence-electron chi connectivity index (χ1n) is 33.4. The van der Waals surface area contributed by atoms with Gasteiger partial charge in [-0.2, -0.15) is 0 Å². The van der Waals surface area contributed by atoms with Crippen LogP contribution in [-0.4, -0.2) is 12.7 Å². The van der Waals surface area contributed by atoms with Gasteiger partial charge in [-0.25, -0.2) is 0 Å². The minimum Gasteiger partial charge on any atom is -0.537 e. The molecular formula is C92H58BBr2O9. The number of rotatable bonds is 7. The first kappa shape index (κ1) is 63.8. The minimum absolute atomic E-state index is 0. The summed E-state index contributed by atoms with van der Waals surface area (Å²) in [6.45, 7) is 0. The molecule has 1 N–H and O–H groups in total. The second-order valence-corrected chi connectivity index (χ2v) is 27.5. The Hall–Kier alpha value is -12.3. The highest BCUT2D eigenvalue weighted by atomic mass is 79.9. The summed E-state index contributed by atoms with van der Waals surface area (Å²) in [6, 6.07) is 102. The van der Waals surface area contributed by atoms with Crippen LogP contribution in [0, 0.1) is 0 Å². The highest BCUT2D eigenvalue weighted by Crippen LogP contribution is 2.44. The summed E-state index contributed by atoms with van der Waals surface area (Å²) >= 11 is 7.04. The van der Waals surface area contributed by atoms with E-state index in [1.165, 1.54) is 22.3 Å². The highest BCUT2D eigenvalue weighted by molar-refractivity contribution is 9.10. The number of halogens is 2. The normalized spacial score (nSPS) is 11.6. The van der Waals surface area contributed by atoms with E-state index < -0.39 is 0 Å². The molecule has 0 saturated heterocycles. The Labute approximate surface area is 611 Å². The fraction of sp³-hybridized carbons (Fsp3) is 0.0217. The third-order valence-corrected chi connectivity index (χ3v) is 20.6. The van der Waals surface area contributed by atoms with Crippen LogP contribution >= 0.6 is 31.9 Å². The van der Waals surface area contributed by atoms with Crippen molar-refractivity contribution < 1.29 is 40.6 Å². The molecule has 0 aliphatic carbocycles. The van der Waals surface area contributed by atoms with Crippen LogP contribution < -0.4 is 4.65 Å². The average molecular weight is 1480 g/mol. The van der Waals surface area contributed by atoms with Gasteiger partial charge in [0.2, 0.25) is 0 Å². The Kier molecular flexibility index (Phi) is 15.7. The second-order valence-electron chi connectivity index (χ2n) is 25.6. The summed E-state index contributed by atoms with van der Waals surface area (Å²) in [7, 11) is 0.679. The van der Waals surface area contributed by atoms with Gasteiger partial charge < -0.3 is 40.6 Å². The predicted octanol–water partition coefficient (Wildman–Crippen LogP) is 28.4. The maximum Gasteiger partial charge on any atom is 0.569 e. The van der Waals surface area contributed by atoms with E-state index in [1.807, 2.05) is 72.8 Å². The maximum absolute atomic E-state index is 8.78. The van der Waals surface area contributed by atoms with E-state index in [9.17, 15) is 0 Å². The Morgan fingerprint density at radius 3 is 0.663 bits per heavy atom. The molecule has 22 rings (SSSR count). The predicted molar refractivity (Wildman–Crippen MR) is 435 cm³/mol. The fourth-order valence-electron chi connectivity index (χ4n) is 14.6. The summed E-state index contributed by atoms with van der Waals surface area (Å²) in [6.07, 6.45) is 0. The zero-order valence-corrected chi connectivity index (χ0v) is 57.0. The van der Waals surface area contributed by atoms with E-state index in [2.05, 4.69) is 250 Å². The number of hydrogen-bond acceptors (Lipinski definition) is 9. The lowest BCUT2D eigenvalue weighted by Crippen LogP contribution is -1.98. The molecule has 0 fully saturated rings. The maximum atomic E-state index is 8.78. The Bertz CT molecular complexity index is 6770. The second kappa shape index (κ2) is 25.6. The molecule has 0 spiro atoms. The van der Waals surface area contributed by atoms with Crippen molar-refractivity contribution in [1.29, 1.82) is 0 Å². The van der Waals surface area contributed by atoms with Gasteiger partial charge in [0, 0.05) is 84.4 Å². The van der Waals surface area contributed by atoms with Crippen LogP contribution in [0.2, 0.25) is 0 Å². The quantitative estimate of drug-likeness (QED) is 0.155. The van der Waals surface area contributed by atoms with E-state index in [0.29, 0.717) is 13.4 Å². The van der Waals surface area contributed by atoms with Crippen molar-refractivity contribution in [3.8, 4) is 61.4 Å². The fourth-order valence-corrected chi connectivity index (χ4v) is 15.4. The summed E-state index contributed by atoms with van der Waals surface area (Å²) in [4.78, 5) is 0. The minimum atomic E-state index is 0. The third-order valence-electron chi connectivity index (χ3n) is 19.6. The zero-order valence-electron chi connectivity index (χ0n) is 53.8. The average Bonchev–Trinajstić information content (AvgIpc) is 1.60. The molecule has 0 bridgehead atoms. The lowest BCUT2D eigenvalue weighted by molar-refractivity contribution is 0.454. The molecule has 0 unspecified atom stereocenters. The molecule has 0 saturated carbocycles. The van der Waals surface area contributed by atoms with E-state index in [4.69, 9.17) is 40.6 Å². The smallest absolute Gasteiger partial charge is 0.537 e. The third kappa shape index (κ3) is 11.0. The molecule has 1 radical (unpaired) electrons. The van der Waals surface area contributed by atoms with Crippen molar-refractivity contribution in [1.82, 2.24) is 0 Å². The van der Waals surface area contributed by atoms with Crippen molar-refractivity contribution in [3.05, 3.63) is 306 Å². The van der Waals surface area contributed by atoms with Crippen LogP contribution in [0.5, 0.6) is 5.75 Å². The van der Waals surface area contributed by atoms with Crippen LogP contribution in [0.25, 0.3) is 209 Å². The molecule has 0 aliphatic rings. The van der Waals surface area contributed by atoms with E-state index >= 15 is 0 Å². The van der Waals surface area contributed by atoms with Crippen LogP contribution in [0.15, 0.2) is 337 Å². The number of benzene rings is 15. The van der Waals surface area contributed by atoms with Gasteiger partial charge in [-0.3, -0.25) is 0 Å². The number of hydrogen-bond donors (Lipinski definition) is 1. The molecule has 0 atom stereocenters. The van der Waals surface area contributed by atoms with Gasteiger partial charge in [-0.15, -0.1) is 0 Å². The summed E-state index contributed by atoms with van der Waals surface area (Å²) in [5, 5.41) is 23.7. The molecule has 12 heteroatoms. The SMILES string of the molecule is Brc1ccc2oc3cc4c(cc3c2c1)oc1ccc(Br)cc14.C.C.O[B]Oc1ccc2oc3ccc(-c4ccccc4)cc3c2c1.c1ccc(-c2ccc3oc4ccc(-c5ccc6oc7cc8c(cc7c6c5)oc5ccc(-c6ccc7oc9ccc(-c%10ccccc%10)cc9c7c6)cc58)cc4c3c2)cc1. The topological polar surface area (TPSA) is 121 Å². The Morgan fingerprint density at radius 2 is 0.404 bits per heavy atom. The molecule has 104 heavy (non-hydrogen) atoms. The molecule has 497 valence electrons. The van der Waals surface area contributed by atoms with Crippen LogP contribution in [0.1, 0.15) is 14.9 Å². The summed E-state index contributed by atoms with van der Waals surface area (Å²) in [5.41, 5.74) is 23.5.